The van der Waals surface area contributed by atoms with Gasteiger partial charge >= 0.3 is 0 Å². The van der Waals surface area contributed by atoms with Crippen molar-refractivity contribution in [3.8, 4) is 5.75 Å². The second-order valence-corrected chi connectivity index (χ2v) is 8.71. The predicted octanol–water partition coefficient (Wildman–Crippen LogP) is 4.91. The van der Waals surface area contributed by atoms with E-state index in [2.05, 4.69) is 41.5 Å². The van der Waals surface area contributed by atoms with Crippen LogP contribution in [-0.4, -0.2) is 23.6 Å². The number of ether oxygens (including phenoxy) is 1. The molecule has 1 aromatic rings. The fraction of sp³-hybridized carbons (Fsp3) is 0.571. The molecule has 0 saturated carbocycles. The first kappa shape index (κ1) is 18.7. The summed E-state index contributed by atoms with van der Waals surface area (Å²) in [4.78, 5) is 12.6. The van der Waals surface area contributed by atoms with E-state index < -0.39 is 0 Å². The average Bonchev–Trinajstić information content (AvgIpc) is 3.25. The molecule has 1 aliphatic heterocycles. The summed E-state index contributed by atoms with van der Waals surface area (Å²) in [7, 11) is 0. The van der Waals surface area contributed by atoms with Crippen LogP contribution in [0.5, 0.6) is 5.75 Å². The third-order valence-electron chi connectivity index (χ3n) is 4.32. The molecule has 24 heavy (non-hydrogen) atoms. The molecule has 1 saturated heterocycles. The average molecular weight is 330 g/mol. The maximum atomic E-state index is 12.6. The molecule has 1 atom stereocenters. The minimum Gasteiger partial charge on any atom is -0.507 e. The van der Waals surface area contributed by atoms with Crippen molar-refractivity contribution in [1.82, 2.24) is 0 Å². The van der Waals surface area contributed by atoms with Crippen molar-refractivity contribution in [2.45, 2.75) is 71.3 Å². The maximum absolute atomic E-state index is 12.6. The zero-order chi connectivity index (χ0) is 18.1. The SMILES string of the molecule is CC(C)(C)c1cc(C(=O)C/C=C/CC2CO2)cc(C(C)(C)C)c1O. The summed E-state index contributed by atoms with van der Waals surface area (Å²) in [6.45, 7) is 13.2. The molecule has 1 unspecified atom stereocenters. The summed E-state index contributed by atoms with van der Waals surface area (Å²) in [6, 6.07) is 3.70. The van der Waals surface area contributed by atoms with Gasteiger partial charge in [-0.1, -0.05) is 53.7 Å². The third kappa shape index (κ3) is 4.70. The van der Waals surface area contributed by atoms with Gasteiger partial charge in [0, 0.05) is 23.1 Å². The van der Waals surface area contributed by atoms with Gasteiger partial charge in [-0.3, -0.25) is 4.79 Å². The molecule has 0 amide bonds. The molecule has 1 aromatic carbocycles. The van der Waals surface area contributed by atoms with Gasteiger partial charge in [-0.25, -0.2) is 0 Å². The van der Waals surface area contributed by atoms with Crippen molar-refractivity contribution < 1.29 is 14.6 Å². The van der Waals surface area contributed by atoms with Crippen molar-refractivity contribution in [1.29, 1.82) is 0 Å². The number of ketones is 1. The molecule has 1 heterocycles. The number of aromatic hydroxyl groups is 1. The Labute approximate surface area is 145 Å². The molecule has 0 aromatic heterocycles. The molecule has 1 fully saturated rings. The van der Waals surface area contributed by atoms with E-state index in [0.29, 0.717) is 23.8 Å². The van der Waals surface area contributed by atoms with Crippen LogP contribution in [0.3, 0.4) is 0 Å². The van der Waals surface area contributed by atoms with Crippen LogP contribution in [0.15, 0.2) is 24.3 Å². The third-order valence-corrected chi connectivity index (χ3v) is 4.32. The predicted molar refractivity (Wildman–Crippen MR) is 98.0 cm³/mol. The van der Waals surface area contributed by atoms with Crippen molar-refractivity contribution in [3.05, 3.63) is 41.0 Å². The number of phenols is 1. The summed E-state index contributed by atoms with van der Waals surface area (Å²) < 4.78 is 5.16. The van der Waals surface area contributed by atoms with Gasteiger partial charge in [0.15, 0.2) is 5.78 Å². The first-order valence-electron chi connectivity index (χ1n) is 8.68. The number of hydrogen-bond donors (Lipinski definition) is 1. The molecule has 3 heteroatoms. The second kappa shape index (κ2) is 6.72. The van der Waals surface area contributed by atoms with E-state index in [1.807, 2.05) is 24.3 Å². The van der Waals surface area contributed by atoms with E-state index in [0.717, 1.165) is 24.2 Å². The number of carbonyl (C=O) groups excluding carboxylic acids is 1. The largest absolute Gasteiger partial charge is 0.507 e. The first-order chi connectivity index (χ1) is 11.0. The molecule has 0 spiro atoms. The van der Waals surface area contributed by atoms with Gasteiger partial charge in [0.1, 0.15) is 5.75 Å². The van der Waals surface area contributed by atoms with Crippen LogP contribution in [0.4, 0.5) is 0 Å². The summed E-state index contributed by atoms with van der Waals surface area (Å²) in [5, 5.41) is 10.7. The Balaban J connectivity index is 2.30. The summed E-state index contributed by atoms with van der Waals surface area (Å²) >= 11 is 0. The Hall–Kier alpha value is -1.61. The lowest BCUT2D eigenvalue weighted by atomic mass is 9.78. The van der Waals surface area contributed by atoms with Crippen LogP contribution >= 0.6 is 0 Å². The minimum absolute atomic E-state index is 0.0824. The fourth-order valence-corrected chi connectivity index (χ4v) is 2.70. The van der Waals surface area contributed by atoms with E-state index in [1.54, 1.807) is 0 Å². The molecule has 3 nitrogen and oxygen atoms in total. The molecule has 2 rings (SSSR count). The van der Waals surface area contributed by atoms with Crippen LogP contribution in [0.2, 0.25) is 0 Å². The Bertz CT molecular complexity index is 603. The number of allylic oxidation sites excluding steroid dienone is 1. The van der Waals surface area contributed by atoms with Gasteiger partial charge < -0.3 is 9.84 Å². The van der Waals surface area contributed by atoms with Crippen LogP contribution in [0.1, 0.15) is 75.9 Å². The standard InChI is InChI=1S/C21H30O3/c1-20(2,3)16-11-14(12-17(19(16)23)21(4,5)6)18(22)10-8-7-9-15-13-24-15/h7-8,11-12,15,23H,9-10,13H2,1-6H3/b8-7+. The Morgan fingerprint density at radius 3 is 2.04 bits per heavy atom. The number of hydrogen-bond acceptors (Lipinski definition) is 3. The molecule has 0 radical (unpaired) electrons. The van der Waals surface area contributed by atoms with Crippen LogP contribution in [0, 0.1) is 0 Å². The number of carbonyl (C=O) groups is 1. The summed E-state index contributed by atoms with van der Waals surface area (Å²) in [6.07, 6.45) is 5.55. The van der Waals surface area contributed by atoms with Gasteiger partial charge in [-0.05, 0) is 29.4 Å². The summed E-state index contributed by atoms with van der Waals surface area (Å²) in [5.74, 6) is 0.395. The van der Waals surface area contributed by atoms with Gasteiger partial charge in [0.05, 0.1) is 12.7 Å². The van der Waals surface area contributed by atoms with Crippen LogP contribution in [-0.2, 0) is 15.6 Å². The lowest BCUT2D eigenvalue weighted by molar-refractivity contribution is 0.0995. The molecule has 1 aliphatic rings. The van der Waals surface area contributed by atoms with Gasteiger partial charge in [0.2, 0.25) is 0 Å². The molecular weight excluding hydrogens is 300 g/mol. The number of Topliss-reactive ketones (excluding diaryl/α,β-unsaturated/α-hetero) is 1. The Morgan fingerprint density at radius 1 is 1.12 bits per heavy atom. The monoisotopic (exact) mass is 330 g/mol. The lowest BCUT2D eigenvalue weighted by Crippen LogP contribution is -2.18. The van der Waals surface area contributed by atoms with Crippen molar-refractivity contribution in [2.75, 3.05) is 6.61 Å². The highest BCUT2D eigenvalue weighted by Crippen LogP contribution is 2.40. The van der Waals surface area contributed by atoms with Gasteiger partial charge in [-0.2, -0.15) is 0 Å². The highest BCUT2D eigenvalue weighted by molar-refractivity contribution is 5.97. The number of phenolic OH excluding ortho intramolecular Hbond substituents is 1. The number of benzene rings is 1. The number of rotatable bonds is 5. The lowest BCUT2D eigenvalue weighted by Gasteiger charge is -2.28. The molecule has 1 N–H and O–H groups in total. The highest BCUT2D eigenvalue weighted by atomic mass is 16.6. The fourth-order valence-electron chi connectivity index (χ4n) is 2.70. The van der Waals surface area contributed by atoms with Gasteiger partial charge in [-0.15, -0.1) is 0 Å². The molecule has 132 valence electrons. The van der Waals surface area contributed by atoms with E-state index in [-0.39, 0.29) is 16.6 Å². The van der Waals surface area contributed by atoms with Crippen molar-refractivity contribution in [3.63, 3.8) is 0 Å². The van der Waals surface area contributed by atoms with E-state index in [9.17, 15) is 9.90 Å². The zero-order valence-electron chi connectivity index (χ0n) is 15.8. The smallest absolute Gasteiger partial charge is 0.166 e. The van der Waals surface area contributed by atoms with Crippen molar-refractivity contribution >= 4 is 5.78 Å². The zero-order valence-corrected chi connectivity index (χ0v) is 15.8. The topological polar surface area (TPSA) is 49.8 Å². The van der Waals surface area contributed by atoms with E-state index in [4.69, 9.17) is 4.74 Å². The van der Waals surface area contributed by atoms with E-state index in [1.165, 1.54) is 0 Å². The normalized spacial score (nSPS) is 18.2. The minimum atomic E-state index is -0.223. The highest BCUT2D eigenvalue weighted by Gasteiger charge is 2.27. The quantitative estimate of drug-likeness (QED) is 0.474. The first-order valence-corrected chi connectivity index (χ1v) is 8.68. The maximum Gasteiger partial charge on any atom is 0.166 e. The molecular formula is C21H30O3. The number of epoxide rings is 1. The van der Waals surface area contributed by atoms with Crippen molar-refractivity contribution in [2.24, 2.45) is 0 Å². The Morgan fingerprint density at radius 2 is 1.62 bits per heavy atom. The van der Waals surface area contributed by atoms with Gasteiger partial charge in [0.25, 0.3) is 0 Å². The van der Waals surface area contributed by atoms with E-state index >= 15 is 0 Å². The summed E-state index contributed by atoms with van der Waals surface area (Å²) in [5.41, 5.74) is 1.89. The molecule has 0 aliphatic carbocycles. The second-order valence-electron chi connectivity index (χ2n) is 8.71. The Kier molecular flexibility index (Phi) is 5.24. The molecule has 0 bridgehead atoms. The van der Waals surface area contributed by atoms with Crippen LogP contribution < -0.4 is 0 Å². The van der Waals surface area contributed by atoms with Crippen LogP contribution in [0.25, 0.3) is 0 Å².